The predicted molar refractivity (Wildman–Crippen MR) is 100 cm³/mol. The summed E-state index contributed by atoms with van der Waals surface area (Å²) in [6.07, 6.45) is 20.4. The van der Waals surface area contributed by atoms with Crippen molar-refractivity contribution in [1.29, 1.82) is 0 Å². The van der Waals surface area contributed by atoms with Gasteiger partial charge in [-0.3, -0.25) is 4.79 Å². The molecule has 0 aromatic carbocycles. The molecule has 0 saturated carbocycles. The minimum Gasteiger partial charge on any atom is -0.435 e. The molecule has 0 spiro atoms. The van der Waals surface area contributed by atoms with E-state index >= 15 is 0 Å². The zero-order valence-electron chi connectivity index (χ0n) is 16.0. The van der Waals surface area contributed by atoms with Gasteiger partial charge in [0.2, 0.25) is 0 Å². The predicted octanol–water partition coefficient (Wildman–Crippen LogP) is 7.32. The summed E-state index contributed by atoms with van der Waals surface area (Å²) >= 11 is 0. The van der Waals surface area contributed by atoms with Crippen LogP contribution in [0.3, 0.4) is 0 Å². The van der Waals surface area contributed by atoms with Gasteiger partial charge in [0.25, 0.3) is 0 Å². The van der Waals surface area contributed by atoms with Crippen LogP contribution in [0.4, 0.5) is 0 Å². The molecule has 0 aromatic rings. The van der Waals surface area contributed by atoms with E-state index in [1.807, 2.05) is 6.92 Å². The van der Waals surface area contributed by atoms with Crippen molar-refractivity contribution in [1.82, 2.24) is 0 Å². The normalized spacial score (nSPS) is 11.7. The number of hydrogen-bond donors (Lipinski definition) is 0. The molecule has 0 heterocycles. The minimum atomic E-state index is -0.0825. The smallest absolute Gasteiger partial charge is 0.310 e. The van der Waals surface area contributed by atoms with E-state index in [2.05, 4.69) is 13.8 Å². The molecule has 0 fully saturated rings. The standard InChI is InChI=1S/C21H40O2/c1-4-6-7-8-9-10-11-12-13-14-15-16-17-18-21(22)23-19-20(3)5-2/h19H,4-18H2,1-3H3. The van der Waals surface area contributed by atoms with E-state index in [0.29, 0.717) is 6.42 Å². The Morgan fingerprint density at radius 2 is 1.17 bits per heavy atom. The van der Waals surface area contributed by atoms with Crippen LogP contribution in [0.1, 0.15) is 117 Å². The van der Waals surface area contributed by atoms with Gasteiger partial charge in [-0.15, -0.1) is 0 Å². The molecular formula is C21H40O2. The highest BCUT2D eigenvalue weighted by atomic mass is 16.5. The number of ether oxygens (including phenoxy) is 1. The lowest BCUT2D eigenvalue weighted by Crippen LogP contribution is -1.99. The SMILES string of the molecule is CCCCCCCCCCCCCCCC(=O)OC=C(C)CC. The Morgan fingerprint density at radius 1 is 0.739 bits per heavy atom. The second-order valence-corrected chi connectivity index (χ2v) is 6.80. The molecule has 0 bridgehead atoms. The summed E-state index contributed by atoms with van der Waals surface area (Å²) in [4.78, 5) is 11.5. The van der Waals surface area contributed by atoms with E-state index in [1.54, 1.807) is 6.26 Å². The average molecular weight is 325 g/mol. The van der Waals surface area contributed by atoms with Crippen molar-refractivity contribution in [2.24, 2.45) is 0 Å². The average Bonchev–Trinajstić information content (AvgIpc) is 2.56. The van der Waals surface area contributed by atoms with Gasteiger partial charge in [0.05, 0.1) is 6.26 Å². The van der Waals surface area contributed by atoms with Gasteiger partial charge in [0.1, 0.15) is 0 Å². The van der Waals surface area contributed by atoms with Crippen LogP contribution in [0.5, 0.6) is 0 Å². The van der Waals surface area contributed by atoms with Crippen molar-refractivity contribution in [3.05, 3.63) is 11.8 Å². The molecule has 0 aliphatic rings. The molecule has 0 unspecified atom stereocenters. The molecule has 2 nitrogen and oxygen atoms in total. The second-order valence-electron chi connectivity index (χ2n) is 6.80. The summed E-state index contributed by atoms with van der Waals surface area (Å²) in [6.45, 7) is 6.32. The molecule has 0 atom stereocenters. The van der Waals surface area contributed by atoms with Crippen LogP contribution < -0.4 is 0 Å². The first-order valence-electron chi connectivity index (χ1n) is 10.1. The topological polar surface area (TPSA) is 26.3 Å². The Morgan fingerprint density at radius 3 is 1.61 bits per heavy atom. The van der Waals surface area contributed by atoms with Crippen molar-refractivity contribution < 1.29 is 9.53 Å². The molecule has 0 saturated heterocycles. The summed E-state index contributed by atoms with van der Waals surface area (Å²) in [5.74, 6) is -0.0825. The van der Waals surface area contributed by atoms with Gasteiger partial charge in [-0.1, -0.05) is 90.9 Å². The zero-order valence-corrected chi connectivity index (χ0v) is 16.0. The van der Waals surface area contributed by atoms with E-state index < -0.39 is 0 Å². The highest BCUT2D eigenvalue weighted by Crippen LogP contribution is 2.13. The monoisotopic (exact) mass is 324 g/mol. The fourth-order valence-electron chi connectivity index (χ4n) is 2.60. The molecule has 0 N–H and O–H groups in total. The number of rotatable bonds is 16. The van der Waals surface area contributed by atoms with E-state index in [4.69, 9.17) is 4.74 Å². The van der Waals surface area contributed by atoms with Gasteiger partial charge in [0.15, 0.2) is 0 Å². The van der Waals surface area contributed by atoms with E-state index in [9.17, 15) is 4.79 Å². The Balaban J connectivity index is 3.20. The Labute approximate surface area is 145 Å². The van der Waals surface area contributed by atoms with Crippen LogP contribution in [0, 0.1) is 0 Å². The van der Waals surface area contributed by atoms with Crippen molar-refractivity contribution in [2.45, 2.75) is 117 Å². The maximum atomic E-state index is 11.5. The van der Waals surface area contributed by atoms with E-state index in [-0.39, 0.29) is 5.97 Å². The lowest BCUT2D eigenvalue weighted by atomic mass is 10.0. The molecule has 23 heavy (non-hydrogen) atoms. The van der Waals surface area contributed by atoms with E-state index in [1.165, 1.54) is 70.6 Å². The van der Waals surface area contributed by atoms with Gasteiger partial charge in [0, 0.05) is 6.42 Å². The Hall–Kier alpha value is -0.790. The molecule has 0 radical (unpaired) electrons. The van der Waals surface area contributed by atoms with Crippen molar-refractivity contribution >= 4 is 5.97 Å². The van der Waals surface area contributed by atoms with Crippen LogP contribution in [0.2, 0.25) is 0 Å². The maximum absolute atomic E-state index is 11.5. The second kappa shape index (κ2) is 17.6. The highest BCUT2D eigenvalue weighted by Gasteiger charge is 2.01. The highest BCUT2D eigenvalue weighted by molar-refractivity contribution is 5.69. The summed E-state index contributed by atoms with van der Waals surface area (Å²) in [5.41, 5.74) is 1.11. The van der Waals surface area contributed by atoms with Crippen molar-refractivity contribution in [2.75, 3.05) is 0 Å². The number of carbonyl (C=O) groups excluding carboxylic acids is 1. The van der Waals surface area contributed by atoms with Crippen LogP contribution in [0.25, 0.3) is 0 Å². The Bertz CT molecular complexity index is 294. The van der Waals surface area contributed by atoms with Gasteiger partial charge < -0.3 is 4.74 Å². The van der Waals surface area contributed by atoms with Crippen LogP contribution in [0.15, 0.2) is 11.8 Å². The number of esters is 1. The third kappa shape index (κ3) is 17.4. The lowest BCUT2D eigenvalue weighted by molar-refractivity contribution is -0.138. The van der Waals surface area contributed by atoms with Crippen molar-refractivity contribution in [3.8, 4) is 0 Å². The minimum absolute atomic E-state index is 0.0825. The first kappa shape index (κ1) is 22.2. The van der Waals surface area contributed by atoms with Crippen LogP contribution >= 0.6 is 0 Å². The molecule has 0 aliphatic heterocycles. The number of carbonyl (C=O) groups is 1. The lowest BCUT2D eigenvalue weighted by Gasteiger charge is -2.03. The van der Waals surface area contributed by atoms with Gasteiger partial charge in [-0.05, 0) is 25.3 Å². The third-order valence-electron chi connectivity index (χ3n) is 4.43. The van der Waals surface area contributed by atoms with Crippen LogP contribution in [-0.4, -0.2) is 5.97 Å². The van der Waals surface area contributed by atoms with Crippen molar-refractivity contribution in [3.63, 3.8) is 0 Å². The fraction of sp³-hybridized carbons (Fsp3) is 0.857. The third-order valence-corrected chi connectivity index (χ3v) is 4.43. The first-order chi connectivity index (χ1) is 11.2. The van der Waals surface area contributed by atoms with Crippen LogP contribution in [-0.2, 0) is 9.53 Å². The zero-order chi connectivity index (χ0) is 17.2. The summed E-state index contributed by atoms with van der Waals surface area (Å²) in [7, 11) is 0. The fourth-order valence-corrected chi connectivity index (χ4v) is 2.60. The molecule has 0 amide bonds. The summed E-state index contributed by atoms with van der Waals surface area (Å²) < 4.78 is 5.10. The van der Waals surface area contributed by atoms with Gasteiger partial charge in [-0.25, -0.2) is 0 Å². The Kier molecular flexibility index (Phi) is 17.0. The van der Waals surface area contributed by atoms with E-state index in [0.717, 1.165) is 24.8 Å². The number of allylic oxidation sites excluding steroid dienone is 1. The summed E-state index contributed by atoms with van der Waals surface area (Å²) in [6, 6.07) is 0. The molecule has 2 heteroatoms. The molecular weight excluding hydrogens is 284 g/mol. The maximum Gasteiger partial charge on any atom is 0.310 e. The first-order valence-corrected chi connectivity index (χ1v) is 10.1. The van der Waals surface area contributed by atoms with Gasteiger partial charge in [-0.2, -0.15) is 0 Å². The molecule has 0 aliphatic carbocycles. The molecule has 0 aromatic heterocycles. The largest absolute Gasteiger partial charge is 0.435 e. The number of hydrogen-bond acceptors (Lipinski definition) is 2. The quantitative estimate of drug-likeness (QED) is 0.169. The summed E-state index contributed by atoms with van der Waals surface area (Å²) in [5, 5.41) is 0. The van der Waals surface area contributed by atoms with Gasteiger partial charge >= 0.3 is 5.97 Å². The number of unbranched alkanes of at least 4 members (excludes halogenated alkanes) is 12. The molecule has 136 valence electrons. The molecule has 0 rings (SSSR count).